The number of aromatic nitrogens is 3. The molecule has 4 heterocycles. The molecule has 2 aliphatic rings. The van der Waals surface area contributed by atoms with E-state index < -0.39 is 0 Å². The molecular formula is C24H33N5O2. The van der Waals surface area contributed by atoms with Gasteiger partial charge in [-0.05, 0) is 44.7 Å². The van der Waals surface area contributed by atoms with E-state index >= 15 is 0 Å². The first-order valence-corrected chi connectivity index (χ1v) is 11.4. The van der Waals surface area contributed by atoms with Gasteiger partial charge in [-0.25, -0.2) is 9.97 Å². The number of amides is 1. The van der Waals surface area contributed by atoms with Crippen LogP contribution in [0.3, 0.4) is 0 Å². The summed E-state index contributed by atoms with van der Waals surface area (Å²) in [6, 6.07) is 6.08. The van der Waals surface area contributed by atoms with Gasteiger partial charge in [0.2, 0.25) is 5.91 Å². The van der Waals surface area contributed by atoms with Gasteiger partial charge in [0.1, 0.15) is 11.6 Å². The number of aryl methyl sites for hydroxylation is 1. The SMILES string of the molecule is COCCC(=O)N1CCC[C@H](c2nc(C)c3c(n2)N(CCc2ccccn2)CCC3)C1. The molecular weight excluding hydrogens is 390 g/mol. The maximum Gasteiger partial charge on any atom is 0.224 e. The zero-order chi connectivity index (χ0) is 21.6. The summed E-state index contributed by atoms with van der Waals surface area (Å²) in [4.78, 5) is 31.3. The van der Waals surface area contributed by atoms with Gasteiger partial charge in [0, 0.05) is 68.8 Å². The fraction of sp³-hybridized carbons (Fsp3) is 0.583. The third-order valence-electron chi connectivity index (χ3n) is 6.39. The molecule has 0 radical (unpaired) electrons. The summed E-state index contributed by atoms with van der Waals surface area (Å²) >= 11 is 0. The molecule has 0 aromatic carbocycles. The zero-order valence-corrected chi connectivity index (χ0v) is 18.7. The third kappa shape index (κ3) is 5.21. The lowest BCUT2D eigenvalue weighted by Gasteiger charge is -2.34. The molecule has 1 fully saturated rings. The Morgan fingerprint density at radius 3 is 2.94 bits per heavy atom. The molecule has 7 heteroatoms. The first kappa shape index (κ1) is 21.7. The quantitative estimate of drug-likeness (QED) is 0.682. The number of carbonyl (C=O) groups excluding carboxylic acids is 1. The van der Waals surface area contributed by atoms with Crippen LogP contribution in [-0.2, 0) is 22.4 Å². The molecule has 166 valence electrons. The molecule has 0 spiro atoms. The fourth-order valence-corrected chi connectivity index (χ4v) is 4.67. The molecule has 0 bridgehead atoms. The highest BCUT2D eigenvalue weighted by Gasteiger charge is 2.29. The van der Waals surface area contributed by atoms with Crippen LogP contribution in [0.4, 0.5) is 5.82 Å². The Hall–Kier alpha value is -2.54. The highest BCUT2D eigenvalue weighted by Crippen LogP contribution is 2.31. The molecule has 0 N–H and O–H groups in total. The van der Waals surface area contributed by atoms with Gasteiger partial charge in [-0.1, -0.05) is 6.07 Å². The zero-order valence-electron chi connectivity index (χ0n) is 18.7. The number of rotatable bonds is 7. The van der Waals surface area contributed by atoms with Crippen molar-refractivity contribution in [3.8, 4) is 0 Å². The van der Waals surface area contributed by atoms with Crippen LogP contribution in [0.15, 0.2) is 24.4 Å². The smallest absolute Gasteiger partial charge is 0.224 e. The first-order valence-electron chi connectivity index (χ1n) is 11.4. The number of fused-ring (bicyclic) bond motifs is 1. The van der Waals surface area contributed by atoms with Crippen LogP contribution < -0.4 is 4.90 Å². The Balaban J connectivity index is 1.51. The molecule has 0 unspecified atom stereocenters. The van der Waals surface area contributed by atoms with E-state index in [-0.39, 0.29) is 11.8 Å². The molecule has 2 aromatic rings. The van der Waals surface area contributed by atoms with Crippen LogP contribution in [0.5, 0.6) is 0 Å². The topological polar surface area (TPSA) is 71.5 Å². The minimum atomic E-state index is 0.165. The van der Waals surface area contributed by atoms with E-state index in [4.69, 9.17) is 14.7 Å². The molecule has 31 heavy (non-hydrogen) atoms. The van der Waals surface area contributed by atoms with Crippen molar-refractivity contribution in [2.24, 2.45) is 0 Å². The largest absolute Gasteiger partial charge is 0.384 e. The number of hydrogen-bond acceptors (Lipinski definition) is 6. The normalized spacial score (nSPS) is 18.7. The summed E-state index contributed by atoms with van der Waals surface area (Å²) in [5, 5.41) is 0. The van der Waals surface area contributed by atoms with Crippen molar-refractivity contribution in [2.75, 3.05) is 44.8 Å². The van der Waals surface area contributed by atoms with Gasteiger partial charge in [-0.2, -0.15) is 0 Å². The number of piperidine rings is 1. The molecule has 2 aromatic heterocycles. The predicted octanol–water partition coefficient (Wildman–Crippen LogP) is 2.92. The van der Waals surface area contributed by atoms with Crippen molar-refractivity contribution in [1.82, 2.24) is 19.9 Å². The molecule has 2 aliphatic heterocycles. The Kier molecular flexibility index (Phi) is 7.12. The van der Waals surface area contributed by atoms with Gasteiger partial charge in [0.05, 0.1) is 13.0 Å². The predicted molar refractivity (Wildman–Crippen MR) is 120 cm³/mol. The number of anilines is 1. The Labute approximate surface area is 184 Å². The Morgan fingerprint density at radius 2 is 2.13 bits per heavy atom. The van der Waals surface area contributed by atoms with Crippen molar-refractivity contribution >= 4 is 11.7 Å². The lowest BCUT2D eigenvalue weighted by Crippen LogP contribution is -2.40. The summed E-state index contributed by atoms with van der Waals surface area (Å²) in [6.07, 6.45) is 7.38. The minimum Gasteiger partial charge on any atom is -0.384 e. The molecule has 4 rings (SSSR count). The van der Waals surface area contributed by atoms with Crippen LogP contribution in [-0.4, -0.2) is 65.7 Å². The number of methoxy groups -OCH3 is 1. The Bertz CT molecular complexity index is 889. The van der Waals surface area contributed by atoms with Crippen molar-refractivity contribution in [2.45, 2.75) is 51.4 Å². The van der Waals surface area contributed by atoms with Crippen molar-refractivity contribution < 1.29 is 9.53 Å². The molecule has 1 atom stereocenters. The van der Waals surface area contributed by atoms with E-state index in [1.165, 1.54) is 5.56 Å². The van der Waals surface area contributed by atoms with Gasteiger partial charge >= 0.3 is 0 Å². The fourth-order valence-electron chi connectivity index (χ4n) is 4.67. The summed E-state index contributed by atoms with van der Waals surface area (Å²) < 4.78 is 5.08. The van der Waals surface area contributed by atoms with Crippen molar-refractivity contribution in [3.05, 3.63) is 47.2 Å². The number of hydrogen-bond donors (Lipinski definition) is 0. The van der Waals surface area contributed by atoms with Crippen LogP contribution in [0, 0.1) is 6.92 Å². The summed E-state index contributed by atoms with van der Waals surface area (Å²) in [6.45, 7) is 6.03. The van der Waals surface area contributed by atoms with E-state index in [0.29, 0.717) is 19.6 Å². The molecule has 0 saturated carbocycles. The van der Waals surface area contributed by atoms with E-state index in [1.807, 2.05) is 23.2 Å². The van der Waals surface area contributed by atoms with E-state index in [1.54, 1.807) is 7.11 Å². The van der Waals surface area contributed by atoms with E-state index in [2.05, 4.69) is 22.9 Å². The monoisotopic (exact) mass is 423 g/mol. The number of ether oxygens (including phenoxy) is 1. The van der Waals surface area contributed by atoms with E-state index in [0.717, 1.165) is 74.8 Å². The van der Waals surface area contributed by atoms with Crippen LogP contribution in [0.2, 0.25) is 0 Å². The minimum absolute atomic E-state index is 0.165. The molecule has 1 saturated heterocycles. The average molecular weight is 424 g/mol. The summed E-state index contributed by atoms with van der Waals surface area (Å²) in [7, 11) is 1.63. The van der Waals surface area contributed by atoms with E-state index in [9.17, 15) is 4.79 Å². The molecule has 1 amide bonds. The number of nitrogens with zero attached hydrogens (tertiary/aromatic N) is 5. The van der Waals surface area contributed by atoms with Gasteiger partial charge in [-0.3, -0.25) is 9.78 Å². The lowest BCUT2D eigenvalue weighted by molar-refractivity contribution is -0.133. The lowest BCUT2D eigenvalue weighted by atomic mass is 9.95. The van der Waals surface area contributed by atoms with Crippen LogP contribution in [0.25, 0.3) is 0 Å². The van der Waals surface area contributed by atoms with Crippen molar-refractivity contribution in [3.63, 3.8) is 0 Å². The summed E-state index contributed by atoms with van der Waals surface area (Å²) in [5.41, 5.74) is 3.48. The average Bonchev–Trinajstić information content (AvgIpc) is 2.82. The maximum absolute atomic E-state index is 12.5. The Morgan fingerprint density at radius 1 is 1.23 bits per heavy atom. The highest BCUT2D eigenvalue weighted by atomic mass is 16.5. The standard InChI is InChI=1S/C24H33N5O2/c1-18-21-9-6-13-28(15-10-20-8-3-4-12-25-20)24(21)27-23(26-18)19-7-5-14-29(17-19)22(30)11-16-31-2/h3-4,8,12,19H,5-7,9-11,13-17H2,1-2H3/t19-/m0/s1. The number of likely N-dealkylation sites (tertiary alicyclic amines) is 1. The van der Waals surface area contributed by atoms with Crippen LogP contribution in [0.1, 0.15) is 54.4 Å². The van der Waals surface area contributed by atoms with Gasteiger partial charge in [-0.15, -0.1) is 0 Å². The number of carbonyl (C=O) groups is 1. The van der Waals surface area contributed by atoms with Gasteiger partial charge in [0.15, 0.2) is 0 Å². The van der Waals surface area contributed by atoms with Crippen molar-refractivity contribution in [1.29, 1.82) is 0 Å². The molecule has 0 aliphatic carbocycles. The second-order valence-electron chi connectivity index (χ2n) is 8.55. The van der Waals surface area contributed by atoms with Gasteiger partial charge in [0.25, 0.3) is 0 Å². The number of pyridine rings is 1. The maximum atomic E-state index is 12.5. The first-order chi connectivity index (χ1) is 15.2. The summed E-state index contributed by atoms with van der Waals surface area (Å²) in [5.74, 6) is 2.35. The second-order valence-corrected chi connectivity index (χ2v) is 8.55. The molecule has 7 nitrogen and oxygen atoms in total. The third-order valence-corrected chi connectivity index (χ3v) is 6.39. The second kappa shape index (κ2) is 10.2. The van der Waals surface area contributed by atoms with Crippen LogP contribution >= 0.6 is 0 Å². The van der Waals surface area contributed by atoms with Gasteiger partial charge < -0.3 is 14.5 Å². The highest BCUT2D eigenvalue weighted by molar-refractivity contribution is 5.76.